The molecule has 5 rings (SSSR count). The fourth-order valence-electron chi connectivity index (χ4n) is 11.0. The Kier molecular flexibility index (Phi) is 25.8. The first-order valence-electron chi connectivity index (χ1n) is 29.7. The number of urea groups is 2. The molecule has 0 bridgehead atoms. The van der Waals surface area contributed by atoms with Crippen LogP contribution in [0.25, 0.3) is 0 Å². The molecule has 0 radical (unpaired) electrons. The SMILES string of the molecule is CC1(C)C(/C=C2/C(=O)C(/C=C3\N(CCCCCC(=O)NCCCC[C@H](NC(=O)N[C@@H](CCC(=O)O)C(=O)O)C(=O)O)c4ccccc4C3(C)C)=C2O)=[N+](CCCCCC(=O)NCCCC[C@H](NC(=O)N[C@@H](CCC(=O)O)C(=O)O)C(=O)O)c2ccccc21. The van der Waals surface area contributed by atoms with E-state index in [-0.39, 0.29) is 86.1 Å². The fraction of sp³-hybridized carbons (Fsp3) is 0.516. The Morgan fingerprint density at radius 1 is 0.523 bits per heavy atom. The lowest BCUT2D eigenvalue weighted by Gasteiger charge is -2.29. The van der Waals surface area contributed by atoms with E-state index in [9.17, 15) is 78.3 Å². The van der Waals surface area contributed by atoms with Crippen molar-refractivity contribution in [1.82, 2.24) is 31.9 Å². The molecule has 13 N–H and O–H groups in total. The number of carboxylic acid groups (broad SMARTS) is 6. The van der Waals surface area contributed by atoms with Crippen molar-refractivity contribution in [2.24, 2.45) is 0 Å². The number of amides is 6. The van der Waals surface area contributed by atoms with Gasteiger partial charge in [-0.25, -0.2) is 28.8 Å². The molecule has 26 nitrogen and oxygen atoms in total. The van der Waals surface area contributed by atoms with Crippen LogP contribution in [-0.4, -0.2) is 162 Å². The number of anilines is 1. The van der Waals surface area contributed by atoms with E-state index in [1.54, 1.807) is 12.2 Å². The van der Waals surface area contributed by atoms with Crippen LogP contribution in [0, 0.1) is 0 Å². The van der Waals surface area contributed by atoms with Gasteiger partial charge in [-0.2, -0.15) is 4.58 Å². The summed E-state index contributed by atoms with van der Waals surface area (Å²) >= 11 is 0. The first kappa shape index (κ1) is 69.7. The topological polar surface area (TPSA) is 408 Å². The minimum absolute atomic E-state index is 0.00258. The molecule has 1 aliphatic carbocycles. The van der Waals surface area contributed by atoms with Gasteiger partial charge >= 0.3 is 47.9 Å². The van der Waals surface area contributed by atoms with Crippen molar-refractivity contribution in [3.8, 4) is 0 Å². The molecular formula is C62H83N8O18+. The van der Waals surface area contributed by atoms with Crippen molar-refractivity contribution in [2.75, 3.05) is 31.1 Å². The number of hydrogen-bond acceptors (Lipinski definition) is 13. The number of aliphatic hydroxyl groups is 1. The summed E-state index contributed by atoms with van der Waals surface area (Å²) in [6.45, 7) is 9.96. The van der Waals surface area contributed by atoms with Crippen molar-refractivity contribution >= 4 is 82.6 Å². The monoisotopic (exact) mass is 1230 g/mol. The molecule has 0 spiro atoms. The first-order chi connectivity index (χ1) is 41.6. The largest absolute Gasteiger partial charge is 0.506 e. The highest BCUT2D eigenvalue weighted by molar-refractivity contribution is 6.24. The molecule has 0 aromatic heterocycles. The van der Waals surface area contributed by atoms with Gasteiger partial charge in [-0.1, -0.05) is 56.7 Å². The van der Waals surface area contributed by atoms with Crippen molar-refractivity contribution in [1.29, 1.82) is 0 Å². The average molecular weight is 1230 g/mol. The van der Waals surface area contributed by atoms with Gasteiger partial charge in [-0.15, -0.1) is 0 Å². The zero-order valence-electron chi connectivity index (χ0n) is 50.2. The number of carbonyl (C=O) groups is 11. The number of carboxylic acids is 6. The molecular weight excluding hydrogens is 1140 g/mol. The standard InChI is InChI=1S/C62H82N8O18/c1-61(2)39-19-9-11-23-45(39)69(33-17-5-7-25-49(71)63-31-15-13-21-41(55(79)80)65-59(87)67-43(57(83)84)27-29-51(73)74)47(61)35-37-53(77)38(54(37)78)36-48-62(3,4)40-20-10-12-24-46(40)70(48)34-18-6-8-26-50(72)64-32-16-14-22-42(56(81)82)66-60(88)68-44(58(85)86)28-30-52(75)76/h9-12,19-20,23-24,35-36,41-44H,5-8,13-18,21-22,25-34H2,1-4H3,(H12-,63,64,65,66,67,68,71,72,73,74,75,76,77,78,79,80,81,82,83,84,85,86,87,88)/p+1/t41-,42-,43-,44-/m0/s1. The number of nitrogens with zero attached hydrogens (tertiary/aromatic N) is 2. The molecule has 3 aliphatic rings. The van der Waals surface area contributed by atoms with E-state index in [2.05, 4.69) is 69.1 Å². The van der Waals surface area contributed by atoms with Crippen LogP contribution >= 0.6 is 0 Å². The smallest absolute Gasteiger partial charge is 0.326 e. The molecule has 2 heterocycles. The maximum Gasteiger partial charge on any atom is 0.326 e. The van der Waals surface area contributed by atoms with Crippen LogP contribution in [0.2, 0.25) is 0 Å². The Hall–Kier alpha value is -9.10. The van der Waals surface area contributed by atoms with E-state index in [0.29, 0.717) is 77.3 Å². The summed E-state index contributed by atoms with van der Waals surface area (Å²) in [5, 5.41) is 81.4. The second-order valence-electron chi connectivity index (χ2n) is 23.1. The van der Waals surface area contributed by atoms with E-state index in [0.717, 1.165) is 33.9 Å². The number of ketones is 1. The van der Waals surface area contributed by atoms with Gasteiger partial charge in [-0.05, 0) is 109 Å². The molecule has 4 atom stereocenters. The number of Topliss-reactive ketones (excluding diaryl/α,β-unsaturated/α-hetero) is 1. The van der Waals surface area contributed by atoms with E-state index in [1.165, 1.54) is 0 Å². The van der Waals surface area contributed by atoms with E-state index in [1.807, 2.05) is 48.5 Å². The predicted octanol–water partition coefficient (Wildman–Crippen LogP) is 5.90. The normalized spacial score (nSPS) is 16.8. The van der Waals surface area contributed by atoms with Crippen LogP contribution in [0.5, 0.6) is 0 Å². The quantitative estimate of drug-likeness (QED) is 0.0211. The number of aliphatic hydroxyl groups excluding tert-OH is 1. The summed E-state index contributed by atoms with van der Waals surface area (Å²) < 4.78 is 2.16. The van der Waals surface area contributed by atoms with Crippen LogP contribution in [-0.2, 0) is 54.0 Å². The van der Waals surface area contributed by atoms with Gasteiger partial charge < -0.3 is 72.5 Å². The lowest BCUT2D eigenvalue weighted by atomic mass is 9.77. The zero-order chi connectivity index (χ0) is 64.9. The molecule has 0 fully saturated rings. The number of hydrogen-bond donors (Lipinski definition) is 13. The van der Waals surface area contributed by atoms with Crippen molar-refractivity contribution in [3.05, 3.63) is 94.4 Å². The van der Waals surface area contributed by atoms with Crippen LogP contribution in [0.4, 0.5) is 21.0 Å². The first-order valence-corrected chi connectivity index (χ1v) is 29.7. The molecule has 26 heteroatoms. The number of nitrogens with one attached hydrogen (secondary N) is 6. The molecule has 0 saturated carbocycles. The van der Waals surface area contributed by atoms with Crippen LogP contribution in [0.3, 0.4) is 0 Å². The summed E-state index contributed by atoms with van der Waals surface area (Å²) in [6, 6.07) is 8.10. The number of aliphatic carboxylic acids is 6. The minimum Gasteiger partial charge on any atom is -0.506 e. The summed E-state index contributed by atoms with van der Waals surface area (Å²) in [5.41, 5.74) is 5.08. The van der Waals surface area contributed by atoms with Crippen molar-refractivity contribution < 1.29 is 93.1 Å². The number of benzene rings is 2. The Bertz CT molecular complexity index is 3090. The summed E-state index contributed by atoms with van der Waals surface area (Å²) in [6.07, 6.45) is 7.66. The van der Waals surface area contributed by atoms with Crippen molar-refractivity contribution in [2.45, 2.75) is 178 Å². The van der Waals surface area contributed by atoms with Gasteiger partial charge in [0.25, 0.3) is 0 Å². The number of fused-ring (bicyclic) bond motifs is 2. The maximum atomic E-state index is 14.2. The summed E-state index contributed by atoms with van der Waals surface area (Å²) in [5.74, 6) is -8.87. The Balaban J connectivity index is 1.11. The van der Waals surface area contributed by atoms with Crippen LogP contribution in [0.15, 0.2) is 83.3 Å². The van der Waals surface area contributed by atoms with Gasteiger partial charge in [-0.3, -0.25) is 24.0 Å². The molecule has 0 saturated heterocycles. The Morgan fingerprint density at radius 3 is 1.45 bits per heavy atom. The lowest BCUT2D eigenvalue weighted by Crippen LogP contribution is -2.51. The van der Waals surface area contributed by atoms with Gasteiger partial charge in [0.15, 0.2) is 5.71 Å². The molecule has 0 unspecified atom stereocenters. The van der Waals surface area contributed by atoms with Crippen LogP contribution < -0.4 is 36.8 Å². The Labute approximate surface area is 509 Å². The van der Waals surface area contributed by atoms with Crippen molar-refractivity contribution in [3.63, 3.8) is 0 Å². The van der Waals surface area contributed by atoms with E-state index in [4.69, 9.17) is 10.2 Å². The maximum absolute atomic E-state index is 14.2. The lowest BCUT2D eigenvalue weighted by molar-refractivity contribution is -0.438. The Morgan fingerprint density at radius 2 is 0.977 bits per heavy atom. The molecule has 478 valence electrons. The number of unbranched alkanes of at least 4 members (excludes halogenated alkanes) is 6. The molecule has 2 aromatic rings. The third kappa shape index (κ3) is 19.5. The van der Waals surface area contributed by atoms with Gasteiger partial charge in [0.05, 0.1) is 16.6 Å². The fourth-order valence-corrected chi connectivity index (χ4v) is 11.0. The molecule has 2 aliphatic heterocycles. The third-order valence-electron chi connectivity index (χ3n) is 15.9. The molecule has 6 amide bonds. The number of carbonyl (C=O) groups excluding carboxylic acids is 5. The average Bonchev–Trinajstić information content (AvgIpc) is 1.98. The van der Waals surface area contributed by atoms with Crippen LogP contribution in [0.1, 0.15) is 154 Å². The highest BCUT2D eigenvalue weighted by atomic mass is 16.4. The second kappa shape index (κ2) is 32.6. The summed E-state index contributed by atoms with van der Waals surface area (Å²) in [4.78, 5) is 135. The summed E-state index contributed by atoms with van der Waals surface area (Å²) in [7, 11) is 0. The highest BCUT2D eigenvalue weighted by Crippen LogP contribution is 2.49. The molecule has 88 heavy (non-hydrogen) atoms. The number of rotatable bonds is 38. The minimum atomic E-state index is -1.52. The third-order valence-corrected chi connectivity index (χ3v) is 15.9. The second-order valence-corrected chi connectivity index (χ2v) is 23.1. The predicted molar refractivity (Wildman–Crippen MR) is 320 cm³/mol. The van der Waals surface area contributed by atoms with Gasteiger partial charge in [0.2, 0.25) is 23.3 Å². The van der Waals surface area contributed by atoms with E-state index >= 15 is 0 Å². The van der Waals surface area contributed by atoms with Gasteiger partial charge in [0, 0.05) is 86.2 Å². The van der Waals surface area contributed by atoms with E-state index < -0.39 is 95.7 Å². The number of para-hydroxylation sites is 2. The zero-order valence-corrected chi connectivity index (χ0v) is 50.2. The molecule has 2 aromatic carbocycles. The van der Waals surface area contributed by atoms with Gasteiger partial charge in [0.1, 0.15) is 36.5 Å². The number of allylic oxidation sites excluding steroid dienone is 5. The highest BCUT2D eigenvalue weighted by Gasteiger charge is 2.47.